The molecule has 0 spiro atoms. The molecule has 122 valence electrons. The Hall–Kier alpha value is -2.58. The Labute approximate surface area is 125 Å². The van der Waals surface area contributed by atoms with Crippen molar-refractivity contribution in [3.05, 3.63) is 18.2 Å². The number of hydrogen-bond acceptors (Lipinski definition) is 4. The fraction of sp³-hybridized carbons (Fsp3) is 0.385. The number of methoxy groups -OCH3 is 1. The maximum absolute atomic E-state index is 12.3. The molecule has 0 aliphatic heterocycles. The number of benzene rings is 1. The number of urea groups is 1. The SMILES string of the molecule is CC[C@@H](NC(=O)Nc1ccc(OC)c(OC(F)F)c1)C(=O)O. The number of hydrogen-bond donors (Lipinski definition) is 3. The van der Waals surface area contributed by atoms with Crippen LogP contribution in [0, 0.1) is 0 Å². The molecule has 0 heterocycles. The van der Waals surface area contributed by atoms with Crippen LogP contribution in [0.5, 0.6) is 11.5 Å². The monoisotopic (exact) mass is 318 g/mol. The second-order valence-corrected chi connectivity index (χ2v) is 4.14. The Morgan fingerprint density at radius 3 is 2.50 bits per heavy atom. The van der Waals surface area contributed by atoms with E-state index in [-0.39, 0.29) is 23.6 Å². The molecule has 22 heavy (non-hydrogen) atoms. The predicted molar refractivity (Wildman–Crippen MR) is 73.5 cm³/mol. The molecule has 0 radical (unpaired) electrons. The molecule has 1 atom stereocenters. The number of carboxylic acid groups (broad SMARTS) is 1. The summed E-state index contributed by atoms with van der Waals surface area (Å²) in [5, 5.41) is 13.4. The third-order valence-corrected chi connectivity index (χ3v) is 2.65. The quantitative estimate of drug-likeness (QED) is 0.716. The summed E-state index contributed by atoms with van der Waals surface area (Å²) in [7, 11) is 1.28. The van der Waals surface area contributed by atoms with Gasteiger partial charge in [-0.15, -0.1) is 0 Å². The number of halogens is 2. The first-order valence-electron chi connectivity index (χ1n) is 6.30. The number of carbonyl (C=O) groups is 2. The van der Waals surface area contributed by atoms with Gasteiger partial charge < -0.3 is 25.2 Å². The average Bonchev–Trinajstić information content (AvgIpc) is 2.44. The molecule has 7 nitrogen and oxygen atoms in total. The van der Waals surface area contributed by atoms with Gasteiger partial charge in [0.15, 0.2) is 11.5 Å². The Balaban J connectivity index is 2.80. The van der Waals surface area contributed by atoms with Crippen LogP contribution >= 0.6 is 0 Å². The van der Waals surface area contributed by atoms with Gasteiger partial charge in [0.1, 0.15) is 6.04 Å². The van der Waals surface area contributed by atoms with Crippen molar-refractivity contribution < 1.29 is 33.0 Å². The maximum Gasteiger partial charge on any atom is 0.387 e. The Morgan fingerprint density at radius 2 is 2.00 bits per heavy atom. The van der Waals surface area contributed by atoms with E-state index < -0.39 is 24.7 Å². The van der Waals surface area contributed by atoms with Crippen LogP contribution in [0.2, 0.25) is 0 Å². The van der Waals surface area contributed by atoms with Crippen LogP contribution in [0.3, 0.4) is 0 Å². The summed E-state index contributed by atoms with van der Waals surface area (Å²) in [6, 6.07) is 2.06. The number of anilines is 1. The molecule has 0 aliphatic rings. The summed E-state index contributed by atoms with van der Waals surface area (Å²) in [5.41, 5.74) is 0.147. The van der Waals surface area contributed by atoms with Gasteiger partial charge >= 0.3 is 18.6 Å². The lowest BCUT2D eigenvalue weighted by atomic mass is 10.2. The zero-order chi connectivity index (χ0) is 16.7. The number of ether oxygens (including phenoxy) is 2. The number of alkyl halides is 2. The van der Waals surface area contributed by atoms with Crippen molar-refractivity contribution >= 4 is 17.7 Å². The molecule has 0 saturated heterocycles. The molecule has 0 aliphatic carbocycles. The van der Waals surface area contributed by atoms with E-state index in [0.717, 1.165) is 6.07 Å². The molecule has 0 bridgehead atoms. The normalized spacial score (nSPS) is 11.7. The first-order chi connectivity index (χ1) is 10.4. The number of carboxylic acids is 1. The number of amides is 2. The fourth-order valence-corrected chi connectivity index (χ4v) is 1.61. The molecule has 3 N–H and O–H groups in total. The van der Waals surface area contributed by atoms with Crippen LogP contribution in [0.25, 0.3) is 0 Å². The number of carbonyl (C=O) groups excluding carboxylic acids is 1. The van der Waals surface area contributed by atoms with Crippen LogP contribution in [-0.2, 0) is 4.79 Å². The van der Waals surface area contributed by atoms with Crippen LogP contribution in [0.1, 0.15) is 13.3 Å². The smallest absolute Gasteiger partial charge is 0.387 e. The average molecular weight is 318 g/mol. The minimum absolute atomic E-state index is 0.0724. The van der Waals surface area contributed by atoms with Crippen molar-refractivity contribution in [2.45, 2.75) is 26.0 Å². The zero-order valence-corrected chi connectivity index (χ0v) is 11.9. The van der Waals surface area contributed by atoms with Crippen LogP contribution < -0.4 is 20.1 Å². The highest BCUT2D eigenvalue weighted by Gasteiger charge is 2.18. The Bertz CT molecular complexity index is 539. The van der Waals surface area contributed by atoms with Gasteiger partial charge in [0.2, 0.25) is 0 Å². The van der Waals surface area contributed by atoms with Crippen LogP contribution in [0.15, 0.2) is 18.2 Å². The van der Waals surface area contributed by atoms with E-state index in [1.165, 1.54) is 19.2 Å². The topological polar surface area (TPSA) is 96.9 Å². The van der Waals surface area contributed by atoms with Gasteiger partial charge in [-0.3, -0.25) is 0 Å². The van der Waals surface area contributed by atoms with Crippen molar-refractivity contribution in [1.82, 2.24) is 5.32 Å². The third-order valence-electron chi connectivity index (χ3n) is 2.65. The van der Waals surface area contributed by atoms with Gasteiger partial charge in [-0.1, -0.05) is 6.92 Å². The third kappa shape index (κ3) is 5.08. The van der Waals surface area contributed by atoms with E-state index in [4.69, 9.17) is 9.84 Å². The molecule has 1 aromatic carbocycles. The maximum atomic E-state index is 12.3. The first kappa shape index (κ1) is 17.5. The number of aliphatic carboxylic acids is 1. The number of nitrogens with one attached hydrogen (secondary N) is 2. The summed E-state index contributed by atoms with van der Waals surface area (Å²) in [6.07, 6.45) is 0.200. The first-order valence-corrected chi connectivity index (χ1v) is 6.30. The Morgan fingerprint density at radius 1 is 1.32 bits per heavy atom. The molecule has 0 saturated carbocycles. The molecule has 0 unspecified atom stereocenters. The van der Waals surface area contributed by atoms with E-state index >= 15 is 0 Å². The lowest BCUT2D eigenvalue weighted by Gasteiger charge is -2.15. The summed E-state index contributed by atoms with van der Waals surface area (Å²) in [4.78, 5) is 22.5. The summed E-state index contributed by atoms with van der Waals surface area (Å²) in [5.74, 6) is -1.35. The lowest BCUT2D eigenvalue weighted by Crippen LogP contribution is -2.42. The summed E-state index contributed by atoms with van der Waals surface area (Å²) in [6.45, 7) is -1.45. The minimum atomic E-state index is -3.05. The molecule has 1 aromatic rings. The highest BCUT2D eigenvalue weighted by molar-refractivity contribution is 5.92. The van der Waals surface area contributed by atoms with Gasteiger partial charge in [-0.2, -0.15) is 8.78 Å². The summed E-state index contributed by atoms with van der Waals surface area (Å²) >= 11 is 0. The van der Waals surface area contributed by atoms with E-state index in [9.17, 15) is 18.4 Å². The molecular formula is C13H16F2N2O5. The predicted octanol–water partition coefficient (Wildman–Crippen LogP) is 2.28. The van der Waals surface area contributed by atoms with Gasteiger partial charge in [0.05, 0.1) is 7.11 Å². The van der Waals surface area contributed by atoms with E-state index in [1.807, 2.05) is 0 Å². The van der Waals surface area contributed by atoms with Gasteiger partial charge in [-0.05, 0) is 18.6 Å². The summed E-state index contributed by atoms with van der Waals surface area (Å²) < 4.78 is 33.7. The van der Waals surface area contributed by atoms with Crippen LogP contribution in [0.4, 0.5) is 19.3 Å². The van der Waals surface area contributed by atoms with Gasteiger partial charge in [-0.25, -0.2) is 9.59 Å². The number of rotatable bonds is 7. The highest BCUT2D eigenvalue weighted by atomic mass is 19.3. The molecule has 2 amide bonds. The van der Waals surface area contributed by atoms with Crippen molar-refractivity contribution in [2.24, 2.45) is 0 Å². The molecular weight excluding hydrogens is 302 g/mol. The molecule has 1 rings (SSSR count). The van der Waals surface area contributed by atoms with Gasteiger partial charge in [0, 0.05) is 11.8 Å². The second kappa shape index (κ2) is 8.01. The second-order valence-electron chi connectivity index (χ2n) is 4.14. The van der Waals surface area contributed by atoms with Crippen molar-refractivity contribution in [2.75, 3.05) is 12.4 Å². The lowest BCUT2D eigenvalue weighted by molar-refractivity contribution is -0.139. The molecule has 0 fully saturated rings. The van der Waals surface area contributed by atoms with E-state index in [1.54, 1.807) is 6.92 Å². The Kier molecular flexibility index (Phi) is 6.36. The minimum Gasteiger partial charge on any atom is -0.493 e. The van der Waals surface area contributed by atoms with E-state index in [0.29, 0.717) is 0 Å². The van der Waals surface area contributed by atoms with Crippen molar-refractivity contribution in [3.8, 4) is 11.5 Å². The molecule has 0 aromatic heterocycles. The van der Waals surface area contributed by atoms with Crippen LogP contribution in [-0.4, -0.2) is 36.9 Å². The van der Waals surface area contributed by atoms with E-state index in [2.05, 4.69) is 15.4 Å². The highest BCUT2D eigenvalue weighted by Crippen LogP contribution is 2.31. The van der Waals surface area contributed by atoms with Crippen molar-refractivity contribution in [3.63, 3.8) is 0 Å². The largest absolute Gasteiger partial charge is 0.493 e. The van der Waals surface area contributed by atoms with Gasteiger partial charge in [0.25, 0.3) is 0 Å². The standard InChI is InChI=1S/C13H16F2N2O5/c1-3-8(11(18)19)17-13(20)16-7-4-5-9(21-2)10(6-7)22-12(14)15/h4-6,8,12H,3H2,1-2H3,(H,18,19)(H2,16,17,20)/t8-/m1/s1. The van der Waals surface area contributed by atoms with Crippen molar-refractivity contribution in [1.29, 1.82) is 0 Å². The zero-order valence-electron chi connectivity index (χ0n) is 11.9. The fourth-order valence-electron chi connectivity index (χ4n) is 1.61. The molecule has 9 heteroatoms.